The Labute approximate surface area is 277 Å². The smallest absolute Gasteiger partial charge is 0.262 e. The molecule has 0 bridgehead atoms. The first-order valence-electron chi connectivity index (χ1n) is 17.3. The first kappa shape index (κ1) is 32.9. The van der Waals surface area contributed by atoms with Crippen molar-refractivity contribution in [3.63, 3.8) is 0 Å². The molecular formula is C38H49N3O4S. The molecule has 246 valence electrons. The van der Waals surface area contributed by atoms with Crippen LogP contribution in [0.15, 0.2) is 54.6 Å². The number of thiophene rings is 1. The average molecular weight is 644 g/mol. The zero-order chi connectivity index (χ0) is 31.9. The van der Waals surface area contributed by atoms with Crippen LogP contribution < -0.4 is 10.6 Å². The summed E-state index contributed by atoms with van der Waals surface area (Å²) in [5, 5.41) is 7.48. The van der Waals surface area contributed by atoms with E-state index in [-0.39, 0.29) is 24.0 Å². The Bertz CT molecular complexity index is 1480. The van der Waals surface area contributed by atoms with E-state index < -0.39 is 11.5 Å². The fraction of sp³-hybridized carbons (Fsp3) is 0.553. The third kappa shape index (κ3) is 8.25. The molecule has 2 saturated heterocycles. The van der Waals surface area contributed by atoms with Crippen molar-refractivity contribution < 1.29 is 19.1 Å². The standard InChI is InChI=1S/C38H49N3O4S/c1-27-9-10-31-23-34(46-33(31)21-27)37(44)40-38(15-5-6-16-38)35(42)24-32(22-28-7-3-2-4-8-28)36(43)39-25-29-11-17-41(18-12-29)26-30-13-19-45-20-14-30/h2-4,7-10,21,23,29-30,32H,5-6,11-20,22,24-26H2,1H3,(H,39,43)(H,40,44)/t32-/m0/s1. The minimum absolute atomic E-state index is 0.0205. The van der Waals surface area contributed by atoms with Gasteiger partial charge in [-0.25, -0.2) is 0 Å². The predicted molar refractivity (Wildman–Crippen MR) is 184 cm³/mol. The van der Waals surface area contributed by atoms with Crippen molar-refractivity contribution in [3.8, 4) is 0 Å². The minimum Gasteiger partial charge on any atom is -0.381 e. The molecule has 0 radical (unpaired) electrons. The van der Waals surface area contributed by atoms with Crippen molar-refractivity contribution in [3.05, 3.63) is 70.6 Å². The number of carbonyl (C=O) groups excluding carboxylic acids is 3. The molecule has 7 nitrogen and oxygen atoms in total. The Morgan fingerprint density at radius 3 is 2.43 bits per heavy atom. The maximum absolute atomic E-state index is 14.2. The van der Waals surface area contributed by atoms with Crippen molar-refractivity contribution in [2.45, 2.75) is 76.7 Å². The number of amides is 2. The van der Waals surface area contributed by atoms with Gasteiger partial charge in [0.15, 0.2) is 5.78 Å². The second kappa shape index (κ2) is 15.2. The van der Waals surface area contributed by atoms with Gasteiger partial charge in [-0.05, 0) is 105 Å². The second-order valence-corrected chi connectivity index (χ2v) is 15.0. The summed E-state index contributed by atoms with van der Waals surface area (Å²) in [4.78, 5) is 44.7. The molecule has 1 aromatic heterocycles. The number of ether oxygens (including phenoxy) is 1. The number of piperidine rings is 1. The lowest BCUT2D eigenvalue weighted by Gasteiger charge is -2.35. The number of rotatable bonds is 12. The number of carbonyl (C=O) groups is 3. The van der Waals surface area contributed by atoms with Gasteiger partial charge in [-0.3, -0.25) is 14.4 Å². The molecule has 3 aliphatic rings. The number of nitrogens with one attached hydrogen (secondary N) is 2. The highest BCUT2D eigenvalue weighted by atomic mass is 32.1. The number of benzene rings is 2. The Hall–Kier alpha value is -3.07. The summed E-state index contributed by atoms with van der Waals surface area (Å²) in [6, 6.07) is 18.1. The largest absolute Gasteiger partial charge is 0.381 e. The molecular weight excluding hydrogens is 595 g/mol. The van der Waals surface area contributed by atoms with Crippen molar-refractivity contribution in [1.82, 2.24) is 15.5 Å². The van der Waals surface area contributed by atoms with Crippen LogP contribution in [-0.2, 0) is 20.7 Å². The van der Waals surface area contributed by atoms with Crippen LogP contribution in [0, 0.1) is 24.7 Å². The topological polar surface area (TPSA) is 87.7 Å². The number of Topliss-reactive ketones (excluding diaryl/α,β-unsaturated/α-hetero) is 1. The van der Waals surface area contributed by atoms with E-state index in [4.69, 9.17) is 4.74 Å². The lowest BCUT2D eigenvalue weighted by Crippen LogP contribution is -2.53. The highest BCUT2D eigenvalue weighted by Gasteiger charge is 2.43. The van der Waals surface area contributed by atoms with Crippen LogP contribution in [-0.4, -0.2) is 67.4 Å². The molecule has 3 aromatic rings. The van der Waals surface area contributed by atoms with Crippen LogP contribution in [0.2, 0.25) is 0 Å². The van der Waals surface area contributed by atoms with Crippen LogP contribution in [0.4, 0.5) is 0 Å². The van der Waals surface area contributed by atoms with Gasteiger partial charge in [-0.15, -0.1) is 11.3 Å². The molecule has 1 saturated carbocycles. The van der Waals surface area contributed by atoms with E-state index in [0.29, 0.717) is 36.6 Å². The lowest BCUT2D eigenvalue weighted by atomic mass is 9.83. The van der Waals surface area contributed by atoms with Gasteiger partial charge in [-0.1, -0.05) is 55.3 Å². The molecule has 6 rings (SSSR count). The van der Waals surface area contributed by atoms with Gasteiger partial charge in [0.1, 0.15) is 0 Å². The highest BCUT2D eigenvalue weighted by molar-refractivity contribution is 7.20. The van der Waals surface area contributed by atoms with E-state index in [1.165, 1.54) is 11.3 Å². The summed E-state index contributed by atoms with van der Waals surface area (Å²) in [5.74, 6) is 0.442. The molecule has 0 unspecified atom stereocenters. The number of hydrogen-bond donors (Lipinski definition) is 2. The molecule has 2 aromatic carbocycles. The van der Waals surface area contributed by atoms with Gasteiger partial charge in [0.2, 0.25) is 5.91 Å². The molecule has 2 N–H and O–H groups in total. The number of likely N-dealkylation sites (tertiary alicyclic amines) is 1. The molecule has 2 aliphatic heterocycles. The molecule has 3 heterocycles. The summed E-state index contributed by atoms with van der Waals surface area (Å²) >= 11 is 1.47. The minimum atomic E-state index is -0.921. The maximum atomic E-state index is 14.2. The van der Waals surface area contributed by atoms with E-state index in [9.17, 15) is 14.4 Å². The van der Waals surface area contributed by atoms with Gasteiger partial charge in [0, 0.05) is 43.3 Å². The van der Waals surface area contributed by atoms with Crippen LogP contribution in [0.3, 0.4) is 0 Å². The summed E-state index contributed by atoms with van der Waals surface area (Å²) in [5.41, 5.74) is 1.28. The fourth-order valence-electron chi connectivity index (χ4n) is 7.61. The number of fused-ring (bicyclic) bond motifs is 1. The quantitative estimate of drug-likeness (QED) is 0.241. The summed E-state index contributed by atoms with van der Waals surface area (Å²) < 4.78 is 6.60. The van der Waals surface area contributed by atoms with Crippen molar-refractivity contribution in [1.29, 1.82) is 0 Å². The summed E-state index contributed by atoms with van der Waals surface area (Å²) in [6.07, 6.45) is 8.12. The Kier molecular flexibility index (Phi) is 10.9. The van der Waals surface area contributed by atoms with E-state index >= 15 is 0 Å². The molecule has 8 heteroatoms. The third-order valence-corrected chi connectivity index (χ3v) is 11.6. The number of nitrogens with zero attached hydrogens (tertiary/aromatic N) is 1. The molecule has 0 spiro atoms. The average Bonchev–Trinajstić information content (AvgIpc) is 3.73. The zero-order valence-corrected chi connectivity index (χ0v) is 28.0. The molecule has 1 aliphatic carbocycles. The van der Waals surface area contributed by atoms with Crippen LogP contribution in [0.1, 0.15) is 78.6 Å². The second-order valence-electron chi connectivity index (χ2n) is 14.0. The highest BCUT2D eigenvalue weighted by Crippen LogP contribution is 2.35. The predicted octanol–water partition coefficient (Wildman–Crippen LogP) is 6.33. The van der Waals surface area contributed by atoms with Gasteiger partial charge in [0.05, 0.1) is 10.4 Å². The first-order valence-corrected chi connectivity index (χ1v) is 18.2. The number of ketones is 1. The van der Waals surface area contributed by atoms with Gasteiger partial charge >= 0.3 is 0 Å². The fourth-order valence-corrected chi connectivity index (χ4v) is 8.67. The Morgan fingerprint density at radius 2 is 1.70 bits per heavy atom. The zero-order valence-electron chi connectivity index (χ0n) is 27.2. The van der Waals surface area contributed by atoms with Gasteiger partial charge < -0.3 is 20.3 Å². The lowest BCUT2D eigenvalue weighted by molar-refractivity contribution is -0.132. The van der Waals surface area contributed by atoms with Crippen LogP contribution >= 0.6 is 11.3 Å². The number of aryl methyl sites for hydroxylation is 1. The monoisotopic (exact) mass is 643 g/mol. The molecule has 3 fully saturated rings. The van der Waals surface area contributed by atoms with E-state index in [2.05, 4.69) is 21.6 Å². The van der Waals surface area contributed by atoms with Crippen LogP contribution in [0.5, 0.6) is 0 Å². The van der Waals surface area contributed by atoms with Crippen LogP contribution in [0.25, 0.3) is 10.1 Å². The van der Waals surface area contributed by atoms with Crippen molar-refractivity contribution in [2.24, 2.45) is 17.8 Å². The van der Waals surface area contributed by atoms with E-state index in [1.807, 2.05) is 55.5 Å². The number of hydrogen-bond acceptors (Lipinski definition) is 6. The van der Waals surface area contributed by atoms with E-state index in [1.54, 1.807) is 0 Å². The maximum Gasteiger partial charge on any atom is 0.262 e. The molecule has 2 amide bonds. The summed E-state index contributed by atoms with van der Waals surface area (Å²) in [7, 11) is 0. The Balaban J connectivity index is 1.08. The molecule has 46 heavy (non-hydrogen) atoms. The van der Waals surface area contributed by atoms with Gasteiger partial charge in [0.25, 0.3) is 5.91 Å². The Morgan fingerprint density at radius 1 is 0.957 bits per heavy atom. The third-order valence-electron chi connectivity index (χ3n) is 10.5. The summed E-state index contributed by atoms with van der Waals surface area (Å²) in [6.45, 7) is 7.78. The van der Waals surface area contributed by atoms with Crippen molar-refractivity contribution in [2.75, 3.05) is 39.4 Å². The normalized spacial score (nSPS) is 20.0. The van der Waals surface area contributed by atoms with Crippen molar-refractivity contribution >= 4 is 39.0 Å². The molecule has 1 atom stereocenters. The first-order chi connectivity index (χ1) is 22.4. The SMILES string of the molecule is Cc1ccc2cc(C(=O)NC3(C(=O)C[C@H](Cc4ccccc4)C(=O)NCC4CCN(CC5CCOCC5)CC4)CCCC3)sc2c1. The van der Waals surface area contributed by atoms with Gasteiger partial charge in [-0.2, -0.15) is 0 Å². The van der Waals surface area contributed by atoms with E-state index in [0.717, 1.165) is 98.5 Å².